The van der Waals surface area contributed by atoms with Crippen LogP contribution in [0.15, 0.2) is 59.5 Å². The zero-order valence-corrected chi connectivity index (χ0v) is 25.8. The summed E-state index contributed by atoms with van der Waals surface area (Å²) in [6.45, 7) is 2.23. The predicted octanol–water partition coefficient (Wildman–Crippen LogP) is 4.52. The molecule has 2 aromatic carbocycles. The number of hydrogen-bond donors (Lipinski definition) is 2. The number of aryl methyl sites for hydroxylation is 1. The van der Waals surface area contributed by atoms with Crippen LogP contribution in [0.4, 0.5) is 0 Å². The summed E-state index contributed by atoms with van der Waals surface area (Å²) in [6.07, 6.45) is 0.843. The Kier molecular flexibility index (Phi) is 11.1. The summed E-state index contributed by atoms with van der Waals surface area (Å²) in [5.41, 5.74) is 2.97. The zero-order valence-electron chi connectivity index (χ0n) is 24.2. The number of nitrogens with zero attached hydrogens (tertiary/aromatic N) is 2. The maximum absolute atomic E-state index is 13.6. The summed E-state index contributed by atoms with van der Waals surface area (Å²) >= 11 is 7.31. The van der Waals surface area contributed by atoms with Gasteiger partial charge < -0.3 is 29.2 Å². The molecule has 4 aromatic rings. The molecule has 2 aromatic heterocycles. The van der Waals surface area contributed by atoms with Crippen LogP contribution in [0.2, 0.25) is 5.02 Å². The number of carbonyl (C=O) groups excluding carboxylic acids is 1. The Morgan fingerprint density at radius 1 is 1.17 bits per heavy atom. The first-order valence-electron chi connectivity index (χ1n) is 13.5. The van der Waals surface area contributed by atoms with Crippen LogP contribution in [0.5, 0.6) is 5.75 Å². The molecule has 224 valence electrons. The number of amides is 1. The number of ether oxygens (including phenoxy) is 3. The summed E-state index contributed by atoms with van der Waals surface area (Å²) in [5, 5.41) is 14.3. The number of pyridine rings is 1. The molecule has 0 saturated heterocycles. The molecule has 0 aliphatic heterocycles. The van der Waals surface area contributed by atoms with Gasteiger partial charge in [-0.1, -0.05) is 35.9 Å². The van der Waals surface area contributed by atoms with Gasteiger partial charge in [-0.05, 0) is 42.4 Å². The highest BCUT2D eigenvalue weighted by Crippen LogP contribution is 2.32. The summed E-state index contributed by atoms with van der Waals surface area (Å²) in [6, 6.07) is 14.5. The fourth-order valence-corrected chi connectivity index (χ4v) is 6.16. The molecule has 2 N–H and O–H groups in total. The van der Waals surface area contributed by atoms with Crippen LogP contribution in [-0.4, -0.2) is 61.5 Å². The Bertz CT molecular complexity index is 1570. The van der Waals surface area contributed by atoms with E-state index < -0.39 is 12.0 Å². The minimum absolute atomic E-state index is 0.0698. The number of aliphatic hydroxyl groups excluding tert-OH is 1. The number of nitrogens with one attached hydrogen (secondary N) is 1. The summed E-state index contributed by atoms with van der Waals surface area (Å²) in [7, 11) is 6.94. The standard InChI is InChI=1S/C31H36ClN3O6S/c1-34(17-26(36)21-6-5-7-23(14-21)40-4)18-27-25(19-41-13-12-39-3)28-30(42-27)29(37)24(16-35(28)2)31(38)33-15-20-8-10-22(32)11-9-20/h5-11,14,16,26,36H,12-13,15,17-19H2,1-4H3,(H,33,38). The highest BCUT2D eigenvalue weighted by atomic mass is 35.5. The number of rotatable bonds is 14. The van der Waals surface area contributed by atoms with Crippen LogP contribution in [0.3, 0.4) is 0 Å². The van der Waals surface area contributed by atoms with Gasteiger partial charge in [-0.25, -0.2) is 0 Å². The van der Waals surface area contributed by atoms with E-state index in [0.29, 0.717) is 41.8 Å². The van der Waals surface area contributed by atoms with Gasteiger partial charge in [-0.2, -0.15) is 0 Å². The molecule has 4 rings (SSSR count). The lowest BCUT2D eigenvalue weighted by Crippen LogP contribution is -2.29. The van der Waals surface area contributed by atoms with Crippen LogP contribution in [0, 0.1) is 0 Å². The third-order valence-corrected chi connectivity index (χ3v) is 8.31. The largest absolute Gasteiger partial charge is 0.497 e. The van der Waals surface area contributed by atoms with Crippen LogP contribution >= 0.6 is 22.9 Å². The maximum Gasteiger partial charge on any atom is 0.257 e. The first-order valence-corrected chi connectivity index (χ1v) is 14.6. The van der Waals surface area contributed by atoms with E-state index in [9.17, 15) is 14.7 Å². The number of likely N-dealkylation sites (N-methyl/N-ethyl adjacent to an activating group) is 1. The molecule has 1 unspecified atom stereocenters. The van der Waals surface area contributed by atoms with Gasteiger partial charge in [0.05, 0.1) is 43.3 Å². The molecule has 0 aliphatic rings. The van der Waals surface area contributed by atoms with Crippen molar-refractivity contribution in [3.05, 3.63) is 97.1 Å². The molecule has 0 saturated carbocycles. The summed E-state index contributed by atoms with van der Waals surface area (Å²) in [5.74, 6) is 0.233. The second-order valence-electron chi connectivity index (χ2n) is 10.0. The van der Waals surface area contributed by atoms with Crippen molar-refractivity contribution in [3.8, 4) is 5.75 Å². The molecule has 0 radical (unpaired) electrons. The van der Waals surface area contributed by atoms with E-state index in [2.05, 4.69) is 5.32 Å². The monoisotopic (exact) mass is 613 g/mol. The molecule has 1 amide bonds. The second-order valence-corrected chi connectivity index (χ2v) is 11.5. The van der Waals surface area contributed by atoms with Gasteiger partial charge in [0.15, 0.2) is 0 Å². The quantitative estimate of drug-likeness (QED) is 0.202. The Labute approximate surface area is 254 Å². The average Bonchev–Trinajstić information content (AvgIpc) is 3.35. The van der Waals surface area contributed by atoms with E-state index in [1.807, 2.05) is 60.0 Å². The molecule has 42 heavy (non-hydrogen) atoms. The number of thiophene rings is 1. The van der Waals surface area contributed by atoms with Gasteiger partial charge >= 0.3 is 0 Å². The lowest BCUT2D eigenvalue weighted by molar-refractivity contribution is 0.0615. The van der Waals surface area contributed by atoms with Crippen molar-refractivity contribution in [2.75, 3.05) is 41.0 Å². The average molecular weight is 614 g/mol. The van der Waals surface area contributed by atoms with Gasteiger partial charge in [0.1, 0.15) is 11.3 Å². The van der Waals surface area contributed by atoms with E-state index in [0.717, 1.165) is 27.1 Å². The van der Waals surface area contributed by atoms with Crippen LogP contribution in [0.1, 0.15) is 38.0 Å². The predicted molar refractivity (Wildman–Crippen MR) is 166 cm³/mol. The Balaban J connectivity index is 1.60. The van der Waals surface area contributed by atoms with Gasteiger partial charge in [0, 0.05) is 55.5 Å². The lowest BCUT2D eigenvalue weighted by Gasteiger charge is -2.21. The van der Waals surface area contributed by atoms with Crippen molar-refractivity contribution < 1.29 is 24.1 Å². The number of methoxy groups -OCH3 is 2. The molecule has 2 heterocycles. The van der Waals surface area contributed by atoms with Crippen molar-refractivity contribution in [2.24, 2.45) is 7.05 Å². The number of fused-ring (bicyclic) bond motifs is 1. The molecule has 1 atom stereocenters. The smallest absolute Gasteiger partial charge is 0.257 e. The maximum atomic E-state index is 13.6. The molecule has 0 spiro atoms. The minimum atomic E-state index is -0.733. The third-order valence-electron chi connectivity index (χ3n) is 6.85. The third kappa shape index (κ3) is 7.77. The van der Waals surface area contributed by atoms with Crippen molar-refractivity contribution in [1.29, 1.82) is 0 Å². The van der Waals surface area contributed by atoms with Crippen molar-refractivity contribution >= 4 is 39.1 Å². The molecule has 11 heteroatoms. The Hall–Kier alpha value is -3.25. The molecule has 9 nitrogen and oxygen atoms in total. The topological polar surface area (TPSA) is 102 Å². The highest BCUT2D eigenvalue weighted by molar-refractivity contribution is 7.19. The van der Waals surface area contributed by atoms with Crippen molar-refractivity contribution in [2.45, 2.75) is 25.8 Å². The number of benzene rings is 2. The zero-order chi connectivity index (χ0) is 30.2. The second kappa shape index (κ2) is 14.8. The van der Waals surface area contributed by atoms with Gasteiger partial charge in [-0.3, -0.25) is 14.5 Å². The van der Waals surface area contributed by atoms with Crippen molar-refractivity contribution in [3.63, 3.8) is 0 Å². The normalized spacial score (nSPS) is 12.2. The fourth-order valence-electron chi connectivity index (χ4n) is 4.66. The van der Waals surface area contributed by atoms with Gasteiger partial charge in [-0.15, -0.1) is 11.3 Å². The van der Waals surface area contributed by atoms with Gasteiger partial charge in [0.2, 0.25) is 5.43 Å². The molecule has 0 bridgehead atoms. The van der Waals surface area contributed by atoms with E-state index in [4.69, 9.17) is 25.8 Å². The molecular weight excluding hydrogens is 578 g/mol. The van der Waals surface area contributed by atoms with E-state index >= 15 is 0 Å². The Morgan fingerprint density at radius 2 is 1.93 bits per heavy atom. The number of aliphatic hydroxyl groups is 1. The number of carbonyl (C=O) groups is 1. The van der Waals surface area contributed by atoms with Crippen LogP contribution < -0.4 is 15.5 Å². The number of aromatic nitrogens is 1. The van der Waals surface area contributed by atoms with E-state index in [1.54, 1.807) is 32.5 Å². The molecule has 0 aliphatic carbocycles. The first-order chi connectivity index (χ1) is 20.2. The highest BCUT2D eigenvalue weighted by Gasteiger charge is 2.23. The van der Waals surface area contributed by atoms with Gasteiger partial charge in [0.25, 0.3) is 5.91 Å². The molecule has 0 fully saturated rings. The summed E-state index contributed by atoms with van der Waals surface area (Å²) < 4.78 is 18.6. The number of hydrogen-bond acceptors (Lipinski definition) is 8. The van der Waals surface area contributed by atoms with Crippen molar-refractivity contribution in [1.82, 2.24) is 14.8 Å². The Morgan fingerprint density at radius 3 is 2.64 bits per heavy atom. The minimum Gasteiger partial charge on any atom is -0.497 e. The summed E-state index contributed by atoms with van der Waals surface area (Å²) in [4.78, 5) is 29.6. The number of halogens is 1. The fraction of sp³-hybridized carbons (Fsp3) is 0.355. The van der Waals surface area contributed by atoms with E-state index in [1.165, 1.54) is 11.3 Å². The molecular formula is C31H36ClN3O6S. The van der Waals surface area contributed by atoms with Crippen LogP contribution in [-0.2, 0) is 36.2 Å². The lowest BCUT2D eigenvalue weighted by atomic mass is 10.1. The van der Waals surface area contributed by atoms with E-state index in [-0.39, 0.29) is 24.1 Å². The SMILES string of the molecule is COCCOCc1c(CN(C)CC(O)c2cccc(OC)c2)sc2c(=O)c(C(=O)NCc3ccc(Cl)cc3)cn(C)c12. The first kappa shape index (κ1) is 31.7. The van der Waals surface area contributed by atoms with Crippen LogP contribution in [0.25, 0.3) is 10.2 Å².